The number of halogens is 2. The summed E-state index contributed by atoms with van der Waals surface area (Å²) in [5.74, 6) is 0. The first-order valence-electron chi connectivity index (χ1n) is 4.77. The first-order valence-corrected chi connectivity index (χ1v) is 5.94. The predicted octanol–water partition coefficient (Wildman–Crippen LogP) is 3.03. The Bertz CT molecular complexity index is 486. The molecule has 84 valence electrons. The minimum atomic E-state index is -0.605. The second-order valence-corrected chi connectivity index (χ2v) is 4.71. The summed E-state index contributed by atoms with van der Waals surface area (Å²) >= 11 is 9.15. The molecule has 0 saturated carbocycles. The molecule has 0 aliphatic rings. The van der Waals surface area contributed by atoms with E-state index in [1.807, 2.05) is 24.3 Å². The lowest BCUT2D eigenvalue weighted by molar-refractivity contribution is 0.151. The average Bonchev–Trinajstić information content (AvgIpc) is 2.64. The Labute approximate surface area is 107 Å². The molecule has 0 aliphatic heterocycles. The van der Waals surface area contributed by atoms with Crippen LogP contribution in [0.25, 0.3) is 0 Å². The Morgan fingerprint density at radius 3 is 2.81 bits per heavy atom. The molecule has 1 aromatic carbocycles. The minimum Gasteiger partial charge on any atom is -0.386 e. The lowest BCUT2D eigenvalue weighted by atomic mass is 10.1. The van der Waals surface area contributed by atoms with Gasteiger partial charge in [0.1, 0.15) is 0 Å². The van der Waals surface area contributed by atoms with E-state index in [4.69, 9.17) is 11.6 Å². The fourth-order valence-electron chi connectivity index (χ4n) is 1.46. The van der Waals surface area contributed by atoms with E-state index in [0.29, 0.717) is 11.6 Å². The summed E-state index contributed by atoms with van der Waals surface area (Å²) in [6, 6.07) is 7.57. The second kappa shape index (κ2) is 4.99. The molecular formula is C11H10BrClN2O. The maximum Gasteiger partial charge on any atom is 0.0996 e. The molecule has 1 atom stereocenters. The number of nitrogens with zero attached hydrogens (tertiary/aromatic N) is 2. The summed E-state index contributed by atoms with van der Waals surface area (Å²) in [5, 5.41) is 14.6. The van der Waals surface area contributed by atoms with Gasteiger partial charge in [0.15, 0.2) is 0 Å². The predicted molar refractivity (Wildman–Crippen MR) is 66.3 cm³/mol. The number of hydrogen-bond acceptors (Lipinski definition) is 2. The zero-order valence-corrected chi connectivity index (χ0v) is 10.7. The van der Waals surface area contributed by atoms with Crippen LogP contribution in [0.1, 0.15) is 11.7 Å². The lowest BCUT2D eigenvalue weighted by Gasteiger charge is -2.12. The first kappa shape index (κ1) is 11.6. The highest BCUT2D eigenvalue weighted by Crippen LogP contribution is 2.24. The highest BCUT2D eigenvalue weighted by Gasteiger charge is 2.11. The van der Waals surface area contributed by atoms with Gasteiger partial charge in [0, 0.05) is 10.7 Å². The number of hydrogen-bond donors (Lipinski definition) is 1. The summed E-state index contributed by atoms with van der Waals surface area (Å²) in [7, 11) is 0. The van der Waals surface area contributed by atoms with Gasteiger partial charge >= 0.3 is 0 Å². The zero-order chi connectivity index (χ0) is 11.5. The third kappa shape index (κ3) is 2.64. The summed E-state index contributed by atoms with van der Waals surface area (Å²) in [6.45, 7) is 0.384. The number of aliphatic hydroxyl groups is 1. The van der Waals surface area contributed by atoms with Gasteiger partial charge in [-0.15, -0.1) is 0 Å². The van der Waals surface area contributed by atoms with Crippen molar-refractivity contribution in [1.82, 2.24) is 9.78 Å². The Hall–Kier alpha value is -0.840. The van der Waals surface area contributed by atoms with E-state index < -0.39 is 6.10 Å². The molecular weight excluding hydrogens is 291 g/mol. The van der Waals surface area contributed by atoms with Crippen molar-refractivity contribution in [3.63, 3.8) is 0 Å². The van der Waals surface area contributed by atoms with E-state index >= 15 is 0 Å². The molecule has 0 radical (unpaired) electrons. The van der Waals surface area contributed by atoms with Gasteiger partial charge in [0.2, 0.25) is 0 Å². The molecule has 0 fully saturated rings. The molecule has 0 saturated heterocycles. The third-order valence-electron chi connectivity index (χ3n) is 2.23. The Morgan fingerprint density at radius 2 is 2.19 bits per heavy atom. The summed E-state index contributed by atoms with van der Waals surface area (Å²) < 4.78 is 2.51. The third-order valence-corrected chi connectivity index (χ3v) is 3.14. The van der Waals surface area contributed by atoms with Crippen LogP contribution in [0.3, 0.4) is 0 Å². The van der Waals surface area contributed by atoms with Crippen LogP contribution in [0.4, 0.5) is 0 Å². The first-order chi connectivity index (χ1) is 7.66. The van der Waals surface area contributed by atoms with E-state index in [2.05, 4.69) is 21.0 Å². The summed E-state index contributed by atoms with van der Waals surface area (Å²) in [5.41, 5.74) is 0.842. The van der Waals surface area contributed by atoms with Gasteiger partial charge in [-0.1, -0.05) is 45.7 Å². The topological polar surface area (TPSA) is 38.0 Å². The van der Waals surface area contributed by atoms with Crippen molar-refractivity contribution in [2.24, 2.45) is 0 Å². The maximum absolute atomic E-state index is 10.0. The molecule has 1 aromatic heterocycles. The SMILES string of the molecule is O[C@H](Cn1cc(Cl)cn1)c1ccccc1Br. The fraction of sp³-hybridized carbons (Fsp3) is 0.182. The normalized spacial score (nSPS) is 12.7. The smallest absolute Gasteiger partial charge is 0.0996 e. The molecule has 1 N–H and O–H groups in total. The second-order valence-electron chi connectivity index (χ2n) is 3.42. The molecule has 16 heavy (non-hydrogen) atoms. The van der Waals surface area contributed by atoms with E-state index in [-0.39, 0.29) is 0 Å². The number of benzene rings is 1. The molecule has 0 amide bonds. The monoisotopic (exact) mass is 300 g/mol. The van der Waals surface area contributed by atoms with Crippen LogP contribution in [0.15, 0.2) is 41.1 Å². The van der Waals surface area contributed by atoms with Gasteiger partial charge in [0.05, 0.1) is 23.9 Å². The zero-order valence-electron chi connectivity index (χ0n) is 8.35. The molecule has 1 heterocycles. The van der Waals surface area contributed by atoms with Crippen LogP contribution in [0, 0.1) is 0 Å². The van der Waals surface area contributed by atoms with Crippen LogP contribution in [-0.2, 0) is 6.54 Å². The van der Waals surface area contributed by atoms with Crippen molar-refractivity contribution < 1.29 is 5.11 Å². The molecule has 2 rings (SSSR count). The molecule has 0 unspecified atom stereocenters. The van der Waals surface area contributed by atoms with Gasteiger partial charge in [0.25, 0.3) is 0 Å². The van der Waals surface area contributed by atoms with Crippen molar-refractivity contribution in [1.29, 1.82) is 0 Å². The van der Waals surface area contributed by atoms with Crippen LogP contribution >= 0.6 is 27.5 Å². The lowest BCUT2D eigenvalue weighted by Crippen LogP contribution is -2.09. The molecule has 0 bridgehead atoms. The van der Waals surface area contributed by atoms with Crippen LogP contribution in [-0.4, -0.2) is 14.9 Å². The van der Waals surface area contributed by atoms with Crippen LogP contribution in [0.2, 0.25) is 5.02 Å². The fourth-order valence-corrected chi connectivity index (χ4v) is 2.16. The Balaban J connectivity index is 2.14. The highest BCUT2D eigenvalue weighted by atomic mass is 79.9. The largest absolute Gasteiger partial charge is 0.386 e. The van der Waals surface area contributed by atoms with E-state index in [1.54, 1.807) is 17.1 Å². The molecule has 3 nitrogen and oxygen atoms in total. The van der Waals surface area contributed by atoms with Crippen molar-refractivity contribution in [2.75, 3.05) is 0 Å². The van der Waals surface area contributed by atoms with E-state index in [9.17, 15) is 5.11 Å². The molecule has 5 heteroatoms. The maximum atomic E-state index is 10.0. The van der Waals surface area contributed by atoms with Crippen LogP contribution in [0.5, 0.6) is 0 Å². The highest BCUT2D eigenvalue weighted by molar-refractivity contribution is 9.10. The molecule has 0 spiro atoms. The number of rotatable bonds is 3. The van der Waals surface area contributed by atoms with Crippen molar-refractivity contribution in [3.8, 4) is 0 Å². The van der Waals surface area contributed by atoms with Crippen molar-refractivity contribution in [2.45, 2.75) is 12.6 Å². The van der Waals surface area contributed by atoms with Gasteiger partial charge in [-0.3, -0.25) is 4.68 Å². The standard InChI is InChI=1S/C11H10BrClN2O/c12-10-4-2-1-3-9(10)11(16)7-15-6-8(13)5-14-15/h1-6,11,16H,7H2/t11-/m1/s1. The summed E-state index contributed by atoms with van der Waals surface area (Å²) in [6.07, 6.45) is 2.63. The minimum absolute atomic E-state index is 0.384. The van der Waals surface area contributed by atoms with E-state index in [1.165, 1.54) is 0 Å². The van der Waals surface area contributed by atoms with Gasteiger partial charge in [-0.25, -0.2) is 0 Å². The number of aromatic nitrogens is 2. The van der Waals surface area contributed by atoms with Crippen molar-refractivity contribution >= 4 is 27.5 Å². The Kier molecular flexibility index (Phi) is 3.63. The summed E-state index contributed by atoms with van der Waals surface area (Å²) in [4.78, 5) is 0. The van der Waals surface area contributed by atoms with E-state index in [0.717, 1.165) is 10.0 Å². The van der Waals surface area contributed by atoms with Gasteiger partial charge < -0.3 is 5.11 Å². The van der Waals surface area contributed by atoms with Gasteiger partial charge in [-0.2, -0.15) is 5.10 Å². The van der Waals surface area contributed by atoms with Crippen LogP contribution < -0.4 is 0 Å². The Morgan fingerprint density at radius 1 is 1.44 bits per heavy atom. The van der Waals surface area contributed by atoms with Crippen molar-refractivity contribution in [3.05, 3.63) is 51.7 Å². The molecule has 0 aliphatic carbocycles. The molecule has 2 aromatic rings. The average molecular weight is 302 g/mol. The van der Waals surface area contributed by atoms with Gasteiger partial charge in [-0.05, 0) is 11.6 Å². The number of aliphatic hydroxyl groups excluding tert-OH is 1. The quantitative estimate of drug-likeness (QED) is 0.946.